The number of fused-ring (bicyclic) bond motifs is 1. The van der Waals surface area contributed by atoms with Crippen molar-refractivity contribution in [1.82, 2.24) is 0 Å². The Morgan fingerprint density at radius 1 is 1.10 bits per heavy atom. The Kier molecular flexibility index (Phi) is 3.80. The maximum absolute atomic E-state index is 13.7. The van der Waals surface area contributed by atoms with E-state index in [1.54, 1.807) is 6.07 Å². The summed E-state index contributed by atoms with van der Waals surface area (Å²) in [5.41, 5.74) is 0.480. The van der Waals surface area contributed by atoms with E-state index in [-0.39, 0.29) is 11.7 Å². The molecule has 2 nitrogen and oxygen atoms in total. The number of halogens is 4. The van der Waals surface area contributed by atoms with Gasteiger partial charge in [0.15, 0.2) is 11.6 Å². The molecule has 0 aromatic heterocycles. The van der Waals surface area contributed by atoms with E-state index in [0.29, 0.717) is 30.9 Å². The molecule has 0 saturated heterocycles. The SMILES string of the molecule is Fc1cc(F)c(NC2CCOc3ccc(Br)cc32)c(F)c1. The average molecular weight is 358 g/mol. The summed E-state index contributed by atoms with van der Waals surface area (Å²) in [6.45, 7) is 0.441. The average Bonchev–Trinajstić information content (AvgIpc) is 2.43. The molecular formula is C15H11BrF3NO. The Morgan fingerprint density at radius 2 is 1.81 bits per heavy atom. The van der Waals surface area contributed by atoms with Crippen molar-refractivity contribution in [2.45, 2.75) is 12.5 Å². The highest BCUT2D eigenvalue weighted by molar-refractivity contribution is 9.10. The Morgan fingerprint density at radius 3 is 2.52 bits per heavy atom. The van der Waals surface area contributed by atoms with Crippen LogP contribution in [0.15, 0.2) is 34.8 Å². The van der Waals surface area contributed by atoms with Crippen LogP contribution in [0.1, 0.15) is 18.0 Å². The fraction of sp³-hybridized carbons (Fsp3) is 0.200. The summed E-state index contributed by atoms with van der Waals surface area (Å²) in [4.78, 5) is 0. The smallest absolute Gasteiger partial charge is 0.152 e. The lowest BCUT2D eigenvalue weighted by molar-refractivity contribution is 0.274. The molecule has 0 amide bonds. The van der Waals surface area contributed by atoms with E-state index in [2.05, 4.69) is 21.2 Å². The quantitative estimate of drug-likeness (QED) is 0.833. The molecule has 0 saturated carbocycles. The molecule has 1 unspecified atom stereocenters. The summed E-state index contributed by atoms with van der Waals surface area (Å²) >= 11 is 3.36. The summed E-state index contributed by atoms with van der Waals surface area (Å²) in [5.74, 6) is -2.17. The molecule has 0 radical (unpaired) electrons. The Bertz CT molecular complexity index is 670. The second-order valence-electron chi connectivity index (χ2n) is 4.76. The number of ether oxygens (including phenoxy) is 1. The van der Waals surface area contributed by atoms with Gasteiger partial charge in [0.25, 0.3) is 0 Å². The highest BCUT2D eigenvalue weighted by Crippen LogP contribution is 2.37. The first-order chi connectivity index (χ1) is 10.0. The van der Waals surface area contributed by atoms with Gasteiger partial charge in [-0.2, -0.15) is 0 Å². The summed E-state index contributed by atoms with van der Waals surface area (Å²) in [7, 11) is 0. The lowest BCUT2D eigenvalue weighted by Crippen LogP contribution is -2.21. The number of hydrogen-bond donors (Lipinski definition) is 1. The first-order valence-electron chi connectivity index (χ1n) is 6.38. The van der Waals surface area contributed by atoms with Gasteiger partial charge in [0, 0.05) is 28.6 Å². The van der Waals surface area contributed by atoms with Gasteiger partial charge in [-0.05, 0) is 18.2 Å². The van der Waals surface area contributed by atoms with Crippen molar-refractivity contribution in [2.75, 3.05) is 11.9 Å². The number of benzene rings is 2. The fourth-order valence-corrected chi connectivity index (χ4v) is 2.75. The predicted octanol–water partition coefficient (Wildman–Crippen LogP) is 4.80. The molecular weight excluding hydrogens is 347 g/mol. The third kappa shape index (κ3) is 2.85. The maximum atomic E-state index is 13.7. The molecule has 1 heterocycles. The van der Waals surface area contributed by atoms with E-state index in [9.17, 15) is 13.2 Å². The summed E-state index contributed by atoms with van der Waals surface area (Å²) in [5, 5.41) is 2.81. The van der Waals surface area contributed by atoms with Gasteiger partial charge in [0.1, 0.15) is 17.3 Å². The molecule has 1 aliphatic heterocycles. The maximum Gasteiger partial charge on any atom is 0.152 e. The summed E-state index contributed by atoms with van der Waals surface area (Å²) < 4.78 is 46.8. The van der Waals surface area contributed by atoms with Crippen molar-refractivity contribution >= 4 is 21.6 Å². The predicted molar refractivity (Wildman–Crippen MR) is 76.9 cm³/mol. The van der Waals surface area contributed by atoms with Crippen LogP contribution in [0.5, 0.6) is 5.75 Å². The normalized spacial score (nSPS) is 17.0. The zero-order valence-electron chi connectivity index (χ0n) is 10.8. The second-order valence-corrected chi connectivity index (χ2v) is 5.68. The molecule has 3 rings (SSSR count). The minimum Gasteiger partial charge on any atom is -0.493 e. The van der Waals surface area contributed by atoms with E-state index >= 15 is 0 Å². The van der Waals surface area contributed by atoms with Crippen LogP contribution in [0.2, 0.25) is 0 Å². The molecule has 110 valence electrons. The molecule has 1 N–H and O–H groups in total. The van der Waals surface area contributed by atoms with Gasteiger partial charge in [-0.3, -0.25) is 0 Å². The zero-order chi connectivity index (χ0) is 15.0. The highest BCUT2D eigenvalue weighted by Gasteiger charge is 2.24. The van der Waals surface area contributed by atoms with Crippen molar-refractivity contribution in [3.63, 3.8) is 0 Å². The molecule has 2 aromatic carbocycles. The van der Waals surface area contributed by atoms with Crippen molar-refractivity contribution in [3.8, 4) is 5.75 Å². The van der Waals surface area contributed by atoms with Crippen molar-refractivity contribution in [3.05, 3.63) is 57.8 Å². The van der Waals surface area contributed by atoms with E-state index in [4.69, 9.17) is 4.74 Å². The van der Waals surface area contributed by atoms with Crippen LogP contribution in [0, 0.1) is 17.5 Å². The van der Waals surface area contributed by atoms with Crippen molar-refractivity contribution < 1.29 is 17.9 Å². The molecule has 1 aliphatic rings. The van der Waals surface area contributed by atoms with Crippen LogP contribution >= 0.6 is 15.9 Å². The molecule has 21 heavy (non-hydrogen) atoms. The summed E-state index contributed by atoms with van der Waals surface area (Å²) in [6.07, 6.45) is 0.555. The minimum absolute atomic E-state index is 0.305. The Hall–Kier alpha value is -1.69. The number of nitrogens with one attached hydrogen (secondary N) is 1. The molecule has 6 heteroatoms. The van der Waals surface area contributed by atoms with Crippen LogP contribution in [0.4, 0.5) is 18.9 Å². The molecule has 0 bridgehead atoms. The minimum atomic E-state index is -0.949. The third-order valence-electron chi connectivity index (χ3n) is 3.34. The first kappa shape index (κ1) is 14.3. The Labute approximate surface area is 128 Å². The zero-order valence-corrected chi connectivity index (χ0v) is 12.4. The van der Waals surface area contributed by atoms with Gasteiger partial charge in [-0.25, -0.2) is 13.2 Å². The van der Waals surface area contributed by atoms with Crippen LogP contribution in [0.3, 0.4) is 0 Å². The summed E-state index contributed by atoms with van der Waals surface area (Å²) in [6, 6.07) is 6.48. The largest absolute Gasteiger partial charge is 0.493 e. The molecule has 2 aromatic rings. The van der Waals surface area contributed by atoms with Gasteiger partial charge in [0.2, 0.25) is 0 Å². The van der Waals surface area contributed by atoms with Gasteiger partial charge in [0.05, 0.1) is 12.6 Å². The second kappa shape index (κ2) is 5.60. The van der Waals surface area contributed by atoms with Crippen LogP contribution in [-0.4, -0.2) is 6.61 Å². The third-order valence-corrected chi connectivity index (χ3v) is 3.83. The van der Waals surface area contributed by atoms with E-state index in [1.807, 2.05) is 12.1 Å². The molecule has 1 atom stereocenters. The first-order valence-corrected chi connectivity index (χ1v) is 7.17. The van der Waals surface area contributed by atoms with Gasteiger partial charge < -0.3 is 10.1 Å². The standard InChI is InChI=1S/C15H11BrF3NO/c16-8-1-2-14-10(5-8)13(3-4-21-14)20-15-11(18)6-9(17)7-12(15)19/h1-2,5-7,13,20H,3-4H2. The van der Waals surface area contributed by atoms with Gasteiger partial charge >= 0.3 is 0 Å². The highest BCUT2D eigenvalue weighted by atomic mass is 79.9. The van der Waals surface area contributed by atoms with E-state index in [1.165, 1.54) is 0 Å². The molecule has 0 spiro atoms. The van der Waals surface area contributed by atoms with Crippen molar-refractivity contribution in [1.29, 1.82) is 0 Å². The number of rotatable bonds is 2. The van der Waals surface area contributed by atoms with E-state index < -0.39 is 17.5 Å². The lowest BCUT2D eigenvalue weighted by Gasteiger charge is -2.28. The van der Waals surface area contributed by atoms with Crippen molar-refractivity contribution in [2.24, 2.45) is 0 Å². The topological polar surface area (TPSA) is 21.3 Å². The fourth-order valence-electron chi connectivity index (χ4n) is 2.37. The number of hydrogen-bond acceptors (Lipinski definition) is 2. The lowest BCUT2D eigenvalue weighted by atomic mass is 10.00. The van der Waals surface area contributed by atoms with Crippen LogP contribution in [-0.2, 0) is 0 Å². The van der Waals surface area contributed by atoms with Gasteiger partial charge in [-0.15, -0.1) is 0 Å². The van der Waals surface area contributed by atoms with Crippen LogP contribution in [0.25, 0.3) is 0 Å². The monoisotopic (exact) mass is 357 g/mol. The Balaban J connectivity index is 1.96. The molecule has 0 aliphatic carbocycles. The van der Waals surface area contributed by atoms with Crippen LogP contribution < -0.4 is 10.1 Å². The number of anilines is 1. The van der Waals surface area contributed by atoms with Gasteiger partial charge in [-0.1, -0.05) is 15.9 Å². The molecule has 0 fully saturated rings. The van der Waals surface area contributed by atoms with E-state index in [0.717, 1.165) is 10.0 Å².